The van der Waals surface area contributed by atoms with E-state index < -0.39 is 0 Å². The first-order valence-electron chi connectivity index (χ1n) is 5.12. The standard InChI is InChI=1S/C13H16O4/c1-5-6-10(14)9-7-12(16-3)13(17-4)8-11(9)15-2/h5,7-8H,1,6H2,2-4H3. The van der Waals surface area contributed by atoms with Gasteiger partial charge in [0.25, 0.3) is 0 Å². The highest BCUT2D eigenvalue weighted by Gasteiger charge is 2.16. The molecule has 0 aromatic heterocycles. The summed E-state index contributed by atoms with van der Waals surface area (Å²) in [6, 6.07) is 3.25. The number of rotatable bonds is 6. The minimum absolute atomic E-state index is 0.0715. The van der Waals surface area contributed by atoms with E-state index in [9.17, 15) is 4.79 Å². The summed E-state index contributed by atoms with van der Waals surface area (Å²) in [5.74, 6) is 1.42. The zero-order valence-electron chi connectivity index (χ0n) is 10.3. The normalized spacial score (nSPS) is 9.59. The quantitative estimate of drug-likeness (QED) is 0.562. The van der Waals surface area contributed by atoms with Crippen molar-refractivity contribution in [2.24, 2.45) is 0 Å². The van der Waals surface area contributed by atoms with Gasteiger partial charge in [-0.2, -0.15) is 0 Å². The second-order valence-corrected chi connectivity index (χ2v) is 3.32. The number of carbonyl (C=O) groups is 1. The van der Waals surface area contributed by atoms with Crippen molar-refractivity contribution in [1.29, 1.82) is 0 Å². The van der Waals surface area contributed by atoms with Crippen LogP contribution in [0.2, 0.25) is 0 Å². The molecule has 0 aliphatic heterocycles. The molecule has 92 valence electrons. The van der Waals surface area contributed by atoms with Crippen molar-refractivity contribution < 1.29 is 19.0 Å². The fraction of sp³-hybridized carbons (Fsp3) is 0.308. The van der Waals surface area contributed by atoms with Crippen LogP contribution >= 0.6 is 0 Å². The molecule has 0 radical (unpaired) electrons. The lowest BCUT2D eigenvalue weighted by Gasteiger charge is -2.12. The van der Waals surface area contributed by atoms with Crippen LogP contribution < -0.4 is 14.2 Å². The van der Waals surface area contributed by atoms with Crippen molar-refractivity contribution in [1.82, 2.24) is 0 Å². The Labute approximate surface area is 101 Å². The highest BCUT2D eigenvalue weighted by molar-refractivity contribution is 6.00. The maximum absolute atomic E-state index is 11.8. The summed E-state index contributed by atoms with van der Waals surface area (Å²) in [6.45, 7) is 3.54. The van der Waals surface area contributed by atoms with E-state index in [1.54, 1.807) is 18.2 Å². The zero-order valence-corrected chi connectivity index (χ0v) is 10.3. The van der Waals surface area contributed by atoms with E-state index in [0.29, 0.717) is 22.8 Å². The van der Waals surface area contributed by atoms with E-state index in [1.165, 1.54) is 21.3 Å². The predicted molar refractivity (Wildman–Crippen MR) is 65.2 cm³/mol. The first kappa shape index (κ1) is 13.1. The van der Waals surface area contributed by atoms with Gasteiger partial charge in [0.2, 0.25) is 0 Å². The maximum atomic E-state index is 11.8. The van der Waals surface area contributed by atoms with Gasteiger partial charge in [0.1, 0.15) is 5.75 Å². The summed E-state index contributed by atoms with van der Waals surface area (Å²) in [5.41, 5.74) is 0.463. The van der Waals surface area contributed by atoms with E-state index in [-0.39, 0.29) is 12.2 Å². The molecule has 1 aromatic carbocycles. The third-order valence-electron chi connectivity index (χ3n) is 2.34. The van der Waals surface area contributed by atoms with Crippen molar-refractivity contribution in [2.45, 2.75) is 6.42 Å². The highest BCUT2D eigenvalue weighted by Crippen LogP contribution is 2.35. The summed E-state index contributed by atoms with van der Waals surface area (Å²) in [6.07, 6.45) is 1.81. The van der Waals surface area contributed by atoms with Crippen LogP contribution in [0.5, 0.6) is 17.2 Å². The Morgan fingerprint density at radius 3 is 2.12 bits per heavy atom. The van der Waals surface area contributed by atoms with Crippen LogP contribution in [0, 0.1) is 0 Å². The number of carbonyl (C=O) groups excluding carboxylic acids is 1. The molecule has 0 aliphatic carbocycles. The van der Waals surface area contributed by atoms with Crippen molar-refractivity contribution in [3.8, 4) is 17.2 Å². The largest absolute Gasteiger partial charge is 0.496 e. The van der Waals surface area contributed by atoms with Gasteiger partial charge in [-0.15, -0.1) is 6.58 Å². The fourth-order valence-corrected chi connectivity index (χ4v) is 1.49. The molecule has 1 aromatic rings. The number of ketones is 1. The summed E-state index contributed by atoms with van der Waals surface area (Å²) in [7, 11) is 4.56. The van der Waals surface area contributed by atoms with Crippen molar-refractivity contribution in [3.05, 3.63) is 30.4 Å². The molecule has 17 heavy (non-hydrogen) atoms. The van der Waals surface area contributed by atoms with Crippen molar-refractivity contribution >= 4 is 5.78 Å². The van der Waals surface area contributed by atoms with E-state index in [0.717, 1.165) is 0 Å². The van der Waals surface area contributed by atoms with Gasteiger partial charge < -0.3 is 14.2 Å². The molecule has 0 saturated heterocycles. The number of hydrogen-bond acceptors (Lipinski definition) is 4. The average molecular weight is 236 g/mol. The van der Waals surface area contributed by atoms with Gasteiger partial charge in [0.05, 0.1) is 26.9 Å². The molecule has 0 atom stereocenters. The van der Waals surface area contributed by atoms with E-state index in [1.807, 2.05) is 0 Å². The molecule has 0 unspecified atom stereocenters. The number of benzene rings is 1. The molecule has 0 fully saturated rings. The molecular formula is C13H16O4. The van der Waals surface area contributed by atoms with Gasteiger partial charge >= 0.3 is 0 Å². The van der Waals surface area contributed by atoms with E-state index in [2.05, 4.69) is 6.58 Å². The van der Waals surface area contributed by atoms with Crippen LogP contribution in [0.3, 0.4) is 0 Å². The van der Waals surface area contributed by atoms with E-state index in [4.69, 9.17) is 14.2 Å². The number of ether oxygens (including phenoxy) is 3. The maximum Gasteiger partial charge on any atom is 0.170 e. The third-order valence-corrected chi connectivity index (χ3v) is 2.34. The van der Waals surface area contributed by atoms with Crippen LogP contribution in [0.1, 0.15) is 16.8 Å². The van der Waals surface area contributed by atoms with Crippen LogP contribution in [0.4, 0.5) is 0 Å². The first-order chi connectivity index (χ1) is 8.17. The second kappa shape index (κ2) is 5.94. The summed E-state index contributed by atoms with van der Waals surface area (Å²) in [5, 5.41) is 0. The lowest BCUT2D eigenvalue weighted by molar-refractivity contribution is 0.0992. The van der Waals surface area contributed by atoms with Crippen LogP contribution in [-0.4, -0.2) is 27.1 Å². The molecule has 0 aliphatic rings. The zero-order chi connectivity index (χ0) is 12.8. The summed E-state index contributed by atoms with van der Waals surface area (Å²) < 4.78 is 15.4. The molecule has 0 bridgehead atoms. The fourth-order valence-electron chi connectivity index (χ4n) is 1.49. The Bertz CT molecular complexity index is 424. The molecule has 4 heteroatoms. The molecule has 0 heterocycles. The molecule has 0 amide bonds. The minimum Gasteiger partial charge on any atom is -0.496 e. The van der Waals surface area contributed by atoms with Gasteiger partial charge in [-0.25, -0.2) is 0 Å². The van der Waals surface area contributed by atoms with Crippen molar-refractivity contribution in [2.75, 3.05) is 21.3 Å². The molecule has 4 nitrogen and oxygen atoms in total. The number of hydrogen-bond donors (Lipinski definition) is 0. The minimum atomic E-state index is -0.0715. The monoisotopic (exact) mass is 236 g/mol. The Kier molecular flexibility index (Phi) is 4.57. The Morgan fingerprint density at radius 2 is 1.65 bits per heavy atom. The first-order valence-corrected chi connectivity index (χ1v) is 5.12. The van der Waals surface area contributed by atoms with Crippen molar-refractivity contribution in [3.63, 3.8) is 0 Å². The number of allylic oxidation sites excluding steroid dienone is 1. The Morgan fingerprint density at radius 1 is 1.12 bits per heavy atom. The molecular weight excluding hydrogens is 220 g/mol. The molecule has 0 saturated carbocycles. The lowest BCUT2D eigenvalue weighted by atomic mass is 10.1. The number of methoxy groups -OCH3 is 3. The molecule has 0 spiro atoms. The lowest BCUT2D eigenvalue weighted by Crippen LogP contribution is -2.03. The highest BCUT2D eigenvalue weighted by atomic mass is 16.5. The summed E-state index contributed by atoms with van der Waals surface area (Å²) in [4.78, 5) is 11.8. The smallest absolute Gasteiger partial charge is 0.170 e. The van der Waals surface area contributed by atoms with Gasteiger partial charge in [0.15, 0.2) is 17.3 Å². The number of Topliss-reactive ketones (excluding diaryl/α,β-unsaturated/α-hetero) is 1. The van der Waals surface area contributed by atoms with Crippen LogP contribution in [0.15, 0.2) is 24.8 Å². The summed E-state index contributed by atoms with van der Waals surface area (Å²) >= 11 is 0. The third kappa shape index (κ3) is 2.78. The second-order valence-electron chi connectivity index (χ2n) is 3.32. The topological polar surface area (TPSA) is 44.8 Å². The average Bonchev–Trinajstić information content (AvgIpc) is 2.37. The van der Waals surface area contributed by atoms with Crippen LogP contribution in [0.25, 0.3) is 0 Å². The molecule has 1 rings (SSSR count). The molecule has 0 N–H and O–H groups in total. The Hall–Kier alpha value is -1.97. The van der Waals surface area contributed by atoms with Gasteiger partial charge in [-0.1, -0.05) is 6.08 Å². The van der Waals surface area contributed by atoms with Gasteiger partial charge in [-0.3, -0.25) is 4.79 Å². The Balaban J connectivity index is 3.27. The van der Waals surface area contributed by atoms with E-state index >= 15 is 0 Å². The van der Waals surface area contributed by atoms with Crippen LogP contribution in [-0.2, 0) is 0 Å². The predicted octanol–water partition coefficient (Wildman–Crippen LogP) is 2.47. The van der Waals surface area contributed by atoms with Gasteiger partial charge in [-0.05, 0) is 6.07 Å². The van der Waals surface area contributed by atoms with Gasteiger partial charge in [0, 0.05) is 12.5 Å². The SMILES string of the molecule is C=CCC(=O)c1cc(OC)c(OC)cc1OC.